The molecule has 4 atom stereocenters. The van der Waals surface area contributed by atoms with Crippen molar-refractivity contribution in [2.24, 2.45) is 0 Å². The lowest BCUT2D eigenvalue weighted by Gasteiger charge is -2.21. The van der Waals surface area contributed by atoms with Crippen molar-refractivity contribution in [3.05, 3.63) is 0 Å². The van der Waals surface area contributed by atoms with Crippen LogP contribution in [0.1, 0.15) is 0 Å². The molecule has 0 aliphatic carbocycles. The molecule has 5 heteroatoms. The Morgan fingerprint density at radius 2 is 1.18 bits per heavy atom. The Kier molecular flexibility index (Phi) is 2.80. The van der Waals surface area contributed by atoms with Gasteiger partial charge in [-0.25, -0.2) is 0 Å². The number of β-amino-alcohol motifs (C(OH)–C–C–N with tert-alkyl or cyclic N) is 2. The van der Waals surface area contributed by atoms with Crippen LogP contribution in [-0.4, -0.2) is 57.9 Å². The highest BCUT2D eigenvalue weighted by Crippen LogP contribution is 2.07. The number of aliphatic hydroxyl groups excluding tert-OH is 4. The second-order valence-corrected chi connectivity index (χ2v) is 2.77. The van der Waals surface area contributed by atoms with Crippen LogP contribution in [0.2, 0.25) is 0 Å². The second kappa shape index (κ2) is 3.46. The summed E-state index contributed by atoms with van der Waals surface area (Å²) in [5.41, 5.74) is 0. The zero-order valence-electron chi connectivity index (χ0n) is 6.01. The van der Waals surface area contributed by atoms with E-state index in [0.717, 1.165) is 0 Å². The van der Waals surface area contributed by atoms with Crippen molar-refractivity contribution in [2.45, 2.75) is 24.4 Å². The van der Waals surface area contributed by atoms with E-state index >= 15 is 0 Å². The van der Waals surface area contributed by atoms with E-state index in [1.54, 1.807) is 0 Å². The number of nitrogens with one attached hydrogen (secondary N) is 1. The maximum atomic E-state index is 9.10. The molecular formula is C6H13NO4. The third kappa shape index (κ3) is 1.88. The fraction of sp³-hybridized carbons (Fsp3) is 1.00. The first-order chi connectivity index (χ1) is 5.13. The molecular weight excluding hydrogens is 150 g/mol. The Morgan fingerprint density at radius 3 is 1.55 bits per heavy atom. The van der Waals surface area contributed by atoms with Crippen molar-refractivity contribution in [1.29, 1.82) is 0 Å². The minimum atomic E-state index is -1.26. The van der Waals surface area contributed by atoms with Crippen LogP contribution in [0.3, 0.4) is 0 Å². The largest absolute Gasteiger partial charge is 0.389 e. The molecule has 0 aromatic carbocycles. The lowest BCUT2D eigenvalue weighted by atomic mass is 10.1. The summed E-state index contributed by atoms with van der Waals surface area (Å²) >= 11 is 0. The van der Waals surface area contributed by atoms with Gasteiger partial charge in [-0.3, -0.25) is 0 Å². The van der Waals surface area contributed by atoms with Gasteiger partial charge < -0.3 is 25.7 Å². The van der Waals surface area contributed by atoms with Gasteiger partial charge in [0, 0.05) is 13.1 Å². The summed E-state index contributed by atoms with van der Waals surface area (Å²) in [5.74, 6) is 0. The van der Waals surface area contributed by atoms with E-state index in [-0.39, 0.29) is 13.1 Å². The number of hydrogen-bond acceptors (Lipinski definition) is 5. The summed E-state index contributed by atoms with van der Waals surface area (Å²) in [5, 5.41) is 39.0. The van der Waals surface area contributed by atoms with Crippen LogP contribution in [0.5, 0.6) is 0 Å². The number of aliphatic hydroxyl groups is 4. The van der Waals surface area contributed by atoms with Crippen LogP contribution in [0.4, 0.5) is 0 Å². The lowest BCUT2D eigenvalue weighted by Crippen LogP contribution is -2.43. The van der Waals surface area contributed by atoms with Gasteiger partial charge in [-0.15, -0.1) is 0 Å². The summed E-state index contributed by atoms with van der Waals surface area (Å²) in [6, 6.07) is 0. The summed E-state index contributed by atoms with van der Waals surface area (Å²) < 4.78 is 0. The Bertz CT molecular complexity index is 118. The first-order valence-corrected chi connectivity index (χ1v) is 3.56. The van der Waals surface area contributed by atoms with Gasteiger partial charge in [0.25, 0.3) is 0 Å². The van der Waals surface area contributed by atoms with E-state index in [4.69, 9.17) is 20.4 Å². The molecule has 5 nitrogen and oxygen atoms in total. The first-order valence-electron chi connectivity index (χ1n) is 3.56. The number of rotatable bonds is 0. The van der Waals surface area contributed by atoms with Crippen LogP contribution >= 0.6 is 0 Å². The molecule has 1 aliphatic rings. The van der Waals surface area contributed by atoms with E-state index in [0.29, 0.717) is 0 Å². The van der Waals surface area contributed by atoms with E-state index < -0.39 is 24.4 Å². The highest BCUT2D eigenvalue weighted by atomic mass is 16.4. The van der Waals surface area contributed by atoms with Gasteiger partial charge in [-0.05, 0) is 0 Å². The van der Waals surface area contributed by atoms with Crippen molar-refractivity contribution in [3.8, 4) is 0 Å². The molecule has 11 heavy (non-hydrogen) atoms. The molecule has 1 heterocycles. The molecule has 0 aromatic heterocycles. The van der Waals surface area contributed by atoms with Gasteiger partial charge in [0.2, 0.25) is 0 Å². The number of hydrogen-bond donors (Lipinski definition) is 5. The first kappa shape index (κ1) is 8.89. The quantitative estimate of drug-likeness (QED) is 0.263. The maximum Gasteiger partial charge on any atom is 0.110 e. The topological polar surface area (TPSA) is 93.0 Å². The lowest BCUT2D eigenvalue weighted by molar-refractivity contribution is -0.0894. The van der Waals surface area contributed by atoms with E-state index in [1.807, 2.05) is 0 Å². The zero-order chi connectivity index (χ0) is 8.43. The molecule has 1 saturated heterocycles. The van der Waals surface area contributed by atoms with Gasteiger partial charge in [0.1, 0.15) is 12.2 Å². The second-order valence-electron chi connectivity index (χ2n) is 2.77. The van der Waals surface area contributed by atoms with Crippen molar-refractivity contribution in [2.75, 3.05) is 13.1 Å². The average molecular weight is 163 g/mol. The van der Waals surface area contributed by atoms with Crippen LogP contribution < -0.4 is 5.32 Å². The normalized spacial score (nSPS) is 46.9. The molecule has 0 bridgehead atoms. The average Bonchev–Trinajstić information content (AvgIpc) is 2.07. The van der Waals surface area contributed by atoms with E-state index in [1.165, 1.54) is 0 Å². The summed E-state index contributed by atoms with van der Waals surface area (Å²) in [6.07, 6.45) is -4.55. The van der Waals surface area contributed by atoms with E-state index in [2.05, 4.69) is 5.32 Å². The third-order valence-electron chi connectivity index (χ3n) is 1.85. The van der Waals surface area contributed by atoms with Gasteiger partial charge >= 0.3 is 0 Å². The molecule has 1 rings (SSSR count). The van der Waals surface area contributed by atoms with Gasteiger partial charge in [0.15, 0.2) is 0 Å². The molecule has 0 saturated carbocycles. The van der Waals surface area contributed by atoms with Crippen LogP contribution in [-0.2, 0) is 0 Å². The SMILES string of the molecule is O[C@@H]1[C@H](O)[C@H](O)CNC[C@@H]1O. The third-order valence-corrected chi connectivity index (χ3v) is 1.85. The molecule has 1 fully saturated rings. The Morgan fingerprint density at radius 1 is 0.818 bits per heavy atom. The highest BCUT2D eigenvalue weighted by Gasteiger charge is 2.32. The van der Waals surface area contributed by atoms with Crippen molar-refractivity contribution < 1.29 is 20.4 Å². The summed E-state index contributed by atoms with van der Waals surface area (Å²) in [6.45, 7) is 0.380. The minimum absolute atomic E-state index is 0.190. The van der Waals surface area contributed by atoms with Gasteiger partial charge in [-0.1, -0.05) is 0 Å². The predicted octanol–water partition coefficient (Wildman–Crippen LogP) is -2.97. The molecule has 1 aliphatic heterocycles. The monoisotopic (exact) mass is 163 g/mol. The fourth-order valence-electron chi connectivity index (χ4n) is 1.08. The highest BCUT2D eigenvalue weighted by molar-refractivity contribution is 4.86. The molecule has 0 aromatic rings. The fourth-order valence-corrected chi connectivity index (χ4v) is 1.08. The van der Waals surface area contributed by atoms with Crippen LogP contribution in [0, 0.1) is 0 Å². The molecule has 0 unspecified atom stereocenters. The van der Waals surface area contributed by atoms with Crippen molar-refractivity contribution >= 4 is 0 Å². The molecule has 0 amide bonds. The summed E-state index contributed by atoms with van der Waals surface area (Å²) in [7, 11) is 0. The standard InChI is InChI=1S/C6H13NO4/c8-3-1-7-2-4(9)6(11)5(3)10/h3-11H,1-2H2/t3-,4+,5-,6+. The maximum absolute atomic E-state index is 9.10. The molecule has 0 spiro atoms. The van der Waals surface area contributed by atoms with Gasteiger partial charge in [-0.2, -0.15) is 0 Å². The predicted molar refractivity (Wildman–Crippen MR) is 36.9 cm³/mol. The Hall–Kier alpha value is -0.200. The molecule has 66 valence electrons. The summed E-state index contributed by atoms with van der Waals surface area (Å²) in [4.78, 5) is 0. The zero-order valence-corrected chi connectivity index (χ0v) is 6.01. The minimum Gasteiger partial charge on any atom is -0.389 e. The van der Waals surface area contributed by atoms with Crippen LogP contribution in [0.25, 0.3) is 0 Å². The Balaban J connectivity index is 2.58. The van der Waals surface area contributed by atoms with Gasteiger partial charge in [0.05, 0.1) is 12.2 Å². The Labute approximate surface area is 64.3 Å². The van der Waals surface area contributed by atoms with Crippen LogP contribution in [0.15, 0.2) is 0 Å². The van der Waals surface area contributed by atoms with E-state index in [9.17, 15) is 0 Å². The smallest absolute Gasteiger partial charge is 0.110 e. The van der Waals surface area contributed by atoms with Crippen molar-refractivity contribution in [3.63, 3.8) is 0 Å². The molecule has 0 radical (unpaired) electrons. The van der Waals surface area contributed by atoms with Crippen molar-refractivity contribution in [1.82, 2.24) is 5.32 Å². The molecule has 5 N–H and O–H groups in total.